The van der Waals surface area contributed by atoms with Crippen LogP contribution in [-0.2, 0) is 16.1 Å². The number of para-hydroxylation sites is 2. The molecule has 1 saturated heterocycles. The lowest BCUT2D eigenvalue weighted by molar-refractivity contribution is -0.129. The van der Waals surface area contributed by atoms with Gasteiger partial charge in [0.25, 0.3) is 0 Å². The van der Waals surface area contributed by atoms with Crippen molar-refractivity contribution in [1.29, 1.82) is 0 Å². The van der Waals surface area contributed by atoms with Crippen LogP contribution in [0.1, 0.15) is 44.1 Å². The molecule has 1 fully saturated rings. The van der Waals surface area contributed by atoms with Gasteiger partial charge in [0.05, 0.1) is 23.0 Å². The first-order valence-electron chi connectivity index (χ1n) is 10.6. The SMILES string of the molecule is CC(C)C[C@@H](NC(=O)[C@H]1CC(=O)N(Cc2ccccc2)C1)c1nc2ccccc2[nH]1. The van der Waals surface area contributed by atoms with E-state index in [4.69, 9.17) is 0 Å². The van der Waals surface area contributed by atoms with E-state index in [1.165, 1.54) is 0 Å². The van der Waals surface area contributed by atoms with Gasteiger partial charge in [-0.1, -0.05) is 56.3 Å². The Hall–Kier alpha value is -3.15. The number of aromatic nitrogens is 2. The van der Waals surface area contributed by atoms with Gasteiger partial charge in [0, 0.05) is 19.5 Å². The molecular formula is C24H28N4O2. The highest BCUT2D eigenvalue weighted by atomic mass is 16.2. The fourth-order valence-electron chi connectivity index (χ4n) is 4.04. The third-order valence-corrected chi connectivity index (χ3v) is 5.56. The summed E-state index contributed by atoms with van der Waals surface area (Å²) in [6.07, 6.45) is 1.03. The monoisotopic (exact) mass is 404 g/mol. The second-order valence-corrected chi connectivity index (χ2v) is 8.49. The van der Waals surface area contributed by atoms with Crippen molar-refractivity contribution in [3.63, 3.8) is 0 Å². The van der Waals surface area contributed by atoms with Gasteiger partial charge in [-0.25, -0.2) is 4.98 Å². The van der Waals surface area contributed by atoms with Crippen LogP contribution in [0.25, 0.3) is 11.0 Å². The van der Waals surface area contributed by atoms with Crippen LogP contribution in [0.5, 0.6) is 0 Å². The maximum Gasteiger partial charge on any atom is 0.226 e. The molecule has 0 saturated carbocycles. The Kier molecular flexibility index (Phi) is 5.84. The van der Waals surface area contributed by atoms with E-state index in [1.54, 1.807) is 4.90 Å². The summed E-state index contributed by atoms with van der Waals surface area (Å²) in [7, 11) is 0. The van der Waals surface area contributed by atoms with E-state index >= 15 is 0 Å². The van der Waals surface area contributed by atoms with Gasteiger partial charge in [0.1, 0.15) is 5.82 Å². The van der Waals surface area contributed by atoms with Crippen molar-refractivity contribution < 1.29 is 9.59 Å². The van der Waals surface area contributed by atoms with Crippen molar-refractivity contribution in [2.45, 2.75) is 39.3 Å². The lowest BCUT2D eigenvalue weighted by Crippen LogP contribution is -2.36. The van der Waals surface area contributed by atoms with Gasteiger partial charge in [0.15, 0.2) is 0 Å². The summed E-state index contributed by atoms with van der Waals surface area (Å²) in [5.74, 6) is 0.778. The number of rotatable bonds is 7. The highest BCUT2D eigenvalue weighted by molar-refractivity contribution is 5.89. The number of nitrogens with zero attached hydrogens (tertiary/aromatic N) is 2. The van der Waals surface area contributed by atoms with E-state index in [9.17, 15) is 9.59 Å². The first-order chi connectivity index (χ1) is 14.5. The van der Waals surface area contributed by atoms with Crippen molar-refractivity contribution in [3.8, 4) is 0 Å². The third-order valence-electron chi connectivity index (χ3n) is 5.56. The van der Waals surface area contributed by atoms with Crippen molar-refractivity contribution in [3.05, 3.63) is 66.0 Å². The first-order valence-corrected chi connectivity index (χ1v) is 10.6. The van der Waals surface area contributed by atoms with E-state index < -0.39 is 0 Å². The Morgan fingerprint density at radius 3 is 2.63 bits per heavy atom. The number of fused-ring (bicyclic) bond motifs is 1. The molecule has 2 amide bonds. The minimum atomic E-state index is -0.333. The largest absolute Gasteiger partial charge is 0.346 e. The van der Waals surface area contributed by atoms with Crippen molar-refractivity contribution in [1.82, 2.24) is 20.2 Å². The van der Waals surface area contributed by atoms with Crippen LogP contribution in [-0.4, -0.2) is 33.2 Å². The molecule has 6 heteroatoms. The molecule has 2 N–H and O–H groups in total. The number of carbonyl (C=O) groups is 2. The lowest BCUT2D eigenvalue weighted by Gasteiger charge is -2.21. The fraction of sp³-hybridized carbons (Fsp3) is 0.375. The zero-order chi connectivity index (χ0) is 21.1. The second-order valence-electron chi connectivity index (χ2n) is 8.49. The Morgan fingerprint density at radius 2 is 1.90 bits per heavy atom. The zero-order valence-corrected chi connectivity index (χ0v) is 17.5. The molecule has 0 bridgehead atoms. The van der Waals surface area contributed by atoms with Crippen molar-refractivity contribution in [2.24, 2.45) is 11.8 Å². The molecule has 0 spiro atoms. The van der Waals surface area contributed by atoms with Crippen LogP contribution < -0.4 is 5.32 Å². The summed E-state index contributed by atoms with van der Waals surface area (Å²) in [6.45, 7) is 5.25. The Balaban J connectivity index is 1.45. The normalized spacial score (nSPS) is 17.6. The molecule has 2 aromatic carbocycles. The molecule has 0 radical (unpaired) electrons. The molecule has 0 aliphatic carbocycles. The van der Waals surface area contributed by atoms with E-state index in [0.29, 0.717) is 19.0 Å². The second kappa shape index (κ2) is 8.69. The number of carbonyl (C=O) groups excluding carboxylic acids is 2. The topological polar surface area (TPSA) is 78.1 Å². The summed E-state index contributed by atoms with van der Waals surface area (Å²) in [4.78, 5) is 35.3. The summed E-state index contributed by atoms with van der Waals surface area (Å²) < 4.78 is 0. The number of H-pyrrole nitrogens is 1. The number of amides is 2. The number of benzene rings is 2. The minimum Gasteiger partial charge on any atom is -0.346 e. The van der Waals surface area contributed by atoms with Crippen LogP contribution in [0.2, 0.25) is 0 Å². The average molecular weight is 405 g/mol. The molecular weight excluding hydrogens is 376 g/mol. The van der Waals surface area contributed by atoms with E-state index in [1.807, 2.05) is 54.6 Å². The van der Waals surface area contributed by atoms with Crippen LogP contribution in [0.15, 0.2) is 54.6 Å². The molecule has 1 aliphatic heterocycles. The third kappa shape index (κ3) is 4.53. The number of aromatic amines is 1. The van der Waals surface area contributed by atoms with E-state index in [2.05, 4.69) is 29.1 Å². The smallest absolute Gasteiger partial charge is 0.226 e. The molecule has 156 valence electrons. The molecule has 30 heavy (non-hydrogen) atoms. The first kappa shape index (κ1) is 20.1. The van der Waals surface area contributed by atoms with Crippen LogP contribution in [0.3, 0.4) is 0 Å². The van der Waals surface area contributed by atoms with E-state index in [-0.39, 0.29) is 30.2 Å². The lowest BCUT2D eigenvalue weighted by atomic mass is 10.0. The quantitative estimate of drug-likeness (QED) is 0.628. The molecule has 2 heterocycles. The molecule has 1 aliphatic rings. The number of hydrogen-bond donors (Lipinski definition) is 2. The van der Waals surface area contributed by atoms with Gasteiger partial charge < -0.3 is 15.2 Å². The Morgan fingerprint density at radius 1 is 1.17 bits per heavy atom. The number of likely N-dealkylation sites (tertiary alicyclic amines) is 1. The molecule has 2 atom stereocenters. The molecule has 0 unspecified atom stereocenters. The fourth-order valence-corrected chi connectivity index (χ4v) is 4.04. The van der Waals surface area contributed by atoms with Gasteiger partial charge in [-0.15, -0.1) is 0 Å². The highest BCUT2D eigenvalue weighted by Gasteiger charge is 2.35. The van der Waals surface area contributed by atoms with Crippen LogP contribution in [0, 0.1) is 11.8 Å². The zero-order valence-electron chi connectivity index (χ0n) is 17.5. The number of nitrogens with one attached hydrogen (secondary N) is 2. The van der Waals surface area contributed by atoms with Crippen LogP contribution in [0.4, 0.5) is 0 Å². The van der Waals surface area contributed by atoms with Crippen molar-refractivity contribution in [2.75, 3.05) is 6.54 Å². The predicted octanol–water partition coefficient (Wildman–Crippen LogP) is 3.82. The van der Waals surface area contributed by atoms with E-state index in [0.717, 1.165) is 28.8 Å². The number of hydrogen-bond acceptors (Lipinski definition) is 3. The van der Waals surface area contributed by atoms with Gasteiger partial charge in [0.2, 0.25) is 11.8 Å². The number of imidazole rings is 1. The maximum atomic E-state index is 13.0. The standard InChI is InChI=1S/C24H28N4O2/c1-16(2)12-21(23-25-19-10-6-7-11-20(19)26-23)27-24(30)18-13-22(29)28(15-18)14-17-8-4-3-5-9-17/h3-11,16,18,21H,12-15H2,1-2H3,(H,25,26)(H,27,30)/t18-,21+/m0/s1. The molecule has 3 aromatic rings. The van der Waals surface area contributed by atoms with Gasteiger partial charge >= 0.3 is 0 Å². The summed E-state index contributed by atoms with van der Waals surface area (Å²) in [6, 6.07) is 17.5. The van der Waals surface area contributed by atoms with Gasteiger partial charge in [-0.05, 0) is 30.0 Å². The molecule has 6 nitrogen and oxygen atoms in total. The summed E-state index contributed by atoms with van der Waals surface area (Å²) in [5, 5.41) is 3.16. The summed E-state index contributed by atoms with van der Waals surface area (Å²) in [5.41, 5.74) is 2.92. The Bertz CT molecular complexity index is 995. The maximum absolute atomic E-state index is 13.0. The Labute approximate surface area is 176 Å². The van der Waals surface area contributed by atoms with Gasteiger partial charge in [-0.2, -0.15) is 0 Å². The molecule has 1 aromatic heterocycles. The van der Waals surface area contributed by atoms with Crippen LogP contribution >= 0.6 is 0 Å². The minimum absolute atomic E-state index is 0.0307. The molecule has 4 rings (SSSR count). The highest BCUT2D eigenvalue weighted by Crippen LogP contribution is 2.25. The predicted molar refractivity (Wildman–Crippen MR) is 116 cm³/mol. The van der Waals surface area contributed by atoms with Gasteiger partial charge in [-0.3, -0.25) is 9.59 Å². The summed E-state index contributed by atoms with van der Waals surface area (Å²) >= 11 is 0. The van der Waals surface area contributed by atoms with Crippen molar-refractivity contribution >= 4 is 22.8 Å². The average Bonchev–Trinajstić information content (AvgIpc) is 3.32.